The van der Waals surface area contributed by atoms with E-state index in [2.05, 4.69) is 55.4 Å². The zero-order valence-corrected chi connectivity index (χ0v) is 69.0. The lowest BCUT2D eigenvalue weighted by Crippen LogP contribution is -2.30. The van der Waals surface area contributed by atoms with Crippen LogP contribution in [0.4, 0.5) is 0 Å². The van der Waals surface area contributed by atoms with E-state index in [1.165, 1.54) is 225 Å². The molecule has 0 radical (unpaired) electrons. The van der Waals surface area contributed by atoms with E-state index in [0.29, 0.717) is 25.7 Å². The van der Waals surface area contributed by atoms with Crippen molar-refractivity contribution in [1.29, 1.82) is 0 Å². The average molecular weight is 1490 g/mol. The van der Waals surface area contributed by atoms with Gasteiger partial charge >= 0.3 is 39.5 Å². The fraction of sp³-hybridized carbons (Fsp3) is 0.952. The number of hydrogen-bond donors (Lipinski definition) is 3. The van der Waals surface area contributed by atoms with Crippen LogP contribution in [0.3, 0.4) is 0 Å². The van der Waals surface area contributed by atoms with Crippen LogP contribution in [-0.4, -0.2) is 96.7 Å². The van der Waals surface area contributed by atoms with Crippen LogP contribution in [0.2, 0.25) is 0 Å². The number of aliphatic hydroxyl groups excluding tert-OH is 1. The van der Waals surface area contributed by atoms with Crippen LogP contribution in [0.5, 0.6) is 0 Å². The van der Waals surface area contributed by atoms with Crippen LogP contribution in [0.1, 0.15) is 428 Å². The molecule has 0 heterocycles. The summed E-state index contributed by atoms with van der Waals surface area (Å²) in [5.74, 6) is 1.02. The number of carbonyl (C=O) groups is 4. The average Bonchev–Trinajstić information content (AvgIpc) is 0.904. The molecule has 0 spiro atoms. The molecule has 17 nitrogen and oxygen atoms in total. The van der Waals surface area contributed by atoms with Gasteiger partial charge in [0.15, 0.2) is 12.2 Å². The summed E-state index contributed by atoms with van der Waals surface area (Å²) in [6.45, 7) is 14.3. The molecule has 0 aromatic carbocycles. The first kappa shape index (κ1) is 100. The van der Waals surface area contributed by atoms with E-state index < -0.39 is 97.5 Å². The summed E-state index contributed by atoms with van der Waals surface area (Å²) in [6, 6.07) is 0. The molecule has 7 atom stereocenters. The predicted molar refractivity (Wildman–Crippen MR) is 418 cm³/mol. The molecule has 0 amide bonds. The van der Waals surface area contributed by atoms with Gasteiger partial charge in [0.2, 0.25) is 0 Å². The third-order valence-corrected chi connectivity index (χ3v) is 21.9. The highest BCUT2D eigenvalue weighted by Gasteiger charge is 2.30. The Kier molecular flexibility index (Phi) is 70.6. The lowest BCUT2D eigenvalue weighted by molar-refractivity contribution is -0.161. The van der Waals surface area contributed by atoms with Gasteiger partial charge in [-0.25, -0.2) is 9.13 Å². The maximum absolute atomic E-state index is 13.1. The van der Waals surface area contributed by atoms with E-state index >= 15 is 0 Å². The summed E-state index contributed by atoms with van der Waals surface area (Å²) in [6.07, 6.45) is 59.8. The van der Waals surface area contributed by atoms with E-state index in [4.69, 9.17) is 37.0 Å². The molecule has 0 aliphatic rings. The fourth-order valence-corrected chi connectivity index (χ4v) is 14.3. The van der Waals surface area contributed by atoms with Gasteiger partial charge in [-0.3, -0.25) is 37.3 Å². The molecule has 0 saturated carbocycles. The monoisotopic (exact) mass is 1490 g/mol. The van der Waals surface area contributed by atoms with Crippen molar-refractivity contribution in [3.8, 4) is 0 Å². The summed E-state index contributed by atoms with van der Waals surface area (Å²) in [5, 5.41) is 10.6. The molecular weight excluding hydrogens is 1330 g/mol. The van der Waals surface area contributed by atoms with Gasteiger partial charge in [-0.2, -0.15) is 0 Å². The first-order valence-electron chi connectivity index (χ1n) is 42.8. The minimum absolute atomic E-state index is 0.104. The predicted octanol–water partition coefficient (Wildman–Crippen LogP) is 24.8. The highest BCUT2D eigenvalue weighted by atomic mass is 31.2. The van der Waals surface area contributed by atoms with Crippen molar-refractivity contribution in [2.75, 3.05) is 39.6 Å². The fourth-order valence-electron chi connectivity index (χ4n) is 12.7. The molecule has 0 bridgehead atoms. The number of phosphoric ester groups is 2. The Morgan fingerprint density at radius 1 is 0.275 bits per heavy atom. The SMILES string of the molecule is CCC(C)CCCCCCCCCCC(=O)O[C@H](COC(=O)CCCCCCCCC(C)CC)COP(=O)(O)OC[C@H](O)COP(=O)(O)OC[C@@H](COC(=O)CCCCCCCCCCCCCCCCCCCCC(C)C)OC(=O)CCCCCCCCCCCCCCCCCCC(C)C. The van der Waals surface area contributed by atoms with Crippen LogP contribution in [0, 0.1) is 23.7 Å². The lowest BCUT2D eigenvalue weighted by Gasteiger charge is -2.21. The Balaban J connectivity index is 5.22. The van der Waals surface area contributed by atoms with E-state index in [0.717, 1.165) is 120 Å². The summed E-state index contributed by atoms with van der Waals surface area (Å²) < 4.78 is 68.7. The van der Waals surface area contributed by atoms with Crippen molar-refractivity contribution in [3.63, 3.8) is 0 Å². The molecule has 19 heteroatoms. The molecule has 606 valence electrons. The zero-order valence-electron chi connectivity index (χ0n) is 67.2. The van der Waals surface area contributed by atoms with E-state index in [-0.39, 0.29) is 25.7 Å². The maximum atomic E-state index is 13.1. The number of aliphatic hydroxyl groups is 1. The first-order chi connectivity index (χ1) is 49.2. The van der Waals surface area contributed by atoms with Gasteiger partial charge in [-0.1, -0.05) is 376 Å². The molecule has 0 rings (SSSR count). The molecule has 0 aliphatic heterocycles. The summed E-state index contributed by atoms with van der Waals surface area (Å²) in [5.41, 5.74) is 0. The summed E-state index contributed by atoms with van der Waals surface area (Å²) >= 11 is 0. The topological polar surface area (TPSA) is 237 Å². The van der Waals surface area contributed by atoms with Crippen molar-refractivity contribution >= 4 is 39.5 Å². The number of carbonyl (C=O) groups excluding carboxylic acids is 4. The molecular formula is C83H162O17P2. The molecule has 0 saturated heterocycles. The third-order valence-electron chi connectivity index (χ3n) is 20.0. The Bertz CT molecular complexity index is 1990. The van der Waals surface area contributed by atoms with Crippen molar-refractivity contribution < 1.29 is 80.2 Å². The number of ether oxygens (including phenoxy) is 4. The number of phosphoric acid groups is 2. The van der Waals surface area contributed by atoms with Crippen LogP contribution in [0.15, 0.2) is 0 Å². The first-order valence-corrected chi connectivity index (χ1v) is 45.8. The van der Waals surface area contributed by atoms with Gasteiger partial charge < -0.3 is 33.8 Å². The Morgan fingerprint density at radius 3 is 0.696 bits per heavy atom. The number of unbranched alkanes of at least 4 members (excludes halogenated alkanes) is 44. The van der Waals surface area contributed by atoms with Crippen molar-refractivity contribution in [2.45, 2.75) is 446 Å². The van der Waals surface area contributed by atoms with E-state index in [1.807, 2.05) is 0 Å². The summed E-state index contributed by atoms with van der Waals surface area (Å²) in [4.78, 5) is 73.1. The van der Waals surface area contributed by atoms with Gasteiger partial charge in [0, 0.05) is 25.7 Å². The molecule has 4 unspecified atom stereocenters. The highest BCUT2D eigenvalue weighted by Crippen LogP contribution is 2.45. The Hall–Kier alpha value is -1.94. The largest absolute Gasteiger partial charge is 0.472 e. The molecule has 3 N–H and O–H groups in total. The Labute approximate surface area is 626 Å². The lowest BCUT2D eigenvalue weighted by atomic mass is 9.99. The molecule has 0 aliphatic carbocycles. The standard InChI is InChI=1S/C83H162O17P2/c1-9-75(7)61-53-45-37-33-34-40-50-58-66-83(88)100-79(70-94-81(86)64-56-48-42-41-46-54-62-76(8)10-2)72-98-102(91,92)96-68-77(84)67-95-101(89,90)97-71-78(99-82(87)65-57-49-39-32-28-24-20-16-15-18-22-26-30-36-44-52-60-74(5)6)69-93-80(85)63-55-47-38-31-27-23-19-14-12-11-13-17-21-25-29-35-43-51-59-73(3)4/h73-79,84H,9-72H2,1-8H3,(H,89,90)(H,91,92)/t75?,76?,77-,78-,79-/m1/s1. The molecule has 102 heavy (non-hydrogen) atoms. The van der Waals surface area contributed by atoms with Crippen molar-refractivity contribution in [1.82, 2.24) is 0 Å². The molecule has 0 aromatic heterocycles. The minimum atomic E-state index is -4.96. The zero-order chi connectivity index (χ0) is 75.3. The van der Waals surface area contributed by atoms with E-state index in [9.17, 15) is 43.2 Å². The number of hydrogen-bond acceptors (Lipinski definition) is 15. The number of rotatable bonds is 80. The highest BCUT2D eigenvalue weighted by molar-refractivity contribution is 7.47. The summed E-state index contributed by atoms with van der Waals surface area (Å²) in [7, 11) is -9.92. The molecule has 0 fully saturated rings. The van der Waals surface area contributed by atoms with Gasteiger partial charge in [0.25, 0.3) is 0 Å². The molecule has 0 aromatic rings. The van der Waals surface area contributed by atoms with Crippen LogP contribution in [0.25, 0.3) is 0 Å². The second-order valence-corrected chi connectivity index (χ2v) is 34.2. The second kappa shape index (κ2) is 72.0. The quantitative estimate of drug-likeness (QED) is 0.0222. The smallest absolute Gasteiger partial charge is 0.462 e. The van der Waals surface area contributed by atoms with Crippen molar-refractivity contribution in [3.05, 3.63) is 0 Å². The van der Waals surface area contributed by atoms with Gasteiger partial charge in [-0.05, 0) is 49.4 Å². The van der Waals surface area contributed by atoms with Gasteiger partial charge in [0.05, 0.1) is 26.4 Å². The maximum Gasteiger partial charge on any atom is 0.472 e. The minimum Gasteiger partial charge on any atom is -0.462 e. The Morgan fingerprint density at radius 2 is 0.471 bits per heavy atom. The third kappa shape index (κ3) is 73.6. The van der Waals surface area contributed by atoms with E-state index in [1.54, 1.807) is 0 Å². The second-order valence-electron chi connectivity index (χ2n) is 31.3. The van der Waals surface area contributed by atoms with Crippen LogP contribution in [-0.2, 0) is 65.4 Å². The van der Waals surface area contributed by atoms with Crippen molar-refractivity contribution in [2.24, 2.45) is 23.7 Å². The van der Waals surface area contributed by atoms with Gasteiger partial charge in [0.1, 0.15) is 19.3 Å². The van der Waals surface area contributed by atoms with Crippen LogP contribution >= 0.6 is 15.6 Å². The van der Waals surface area contributed by atoms with Crippen LogP contribution < -0.4 is 0 Å². The normalized spacial score (nSPS) is 14.5. The number of esters is 4. The van der Waals surface area contributed by atoms with Gasteiger partial charge in [-0.15, -0.1) is 0 Å².